The van der Waals surface area contributed by atoms with Gasteiger partial charge in [0.15, 0.2) is 0 Å². The van der Waals surface area contributed by atoms with Gasteiger partial charge in [0.2, 0.25) is 5.95 Å². The molecule has 7 heteroatoms. The van der Waals surface area contributed by atoms with Crippen LogP contribution in [-0.2, 0) is 4.74 Å². The summed E-state index contributed by atoms with van der Waals surface area (Å²) in [5.74, 6) is 1.18. The van der Waals surface area contributed by atoms with Crippen LogP contribution in [0.15, 0.2) is 24.3 Å². The Morgan fingerprint density at radius 1 is 1.19 bits per heavy atom. The molecule has 0 aliphatic heterocycles. The van der Waals surface area contributed by atoms with E-state index in [4.69, 9.17) is 27.9 Å². The first-order valence-corrected chi connectivity index (χ1v) is 7.14. The summed E-state index contributed by atoms with van der Waals surface area (Å²) in [5.41, 5.74) is 1.50. The van der Waals surface area contributed by atoms with Crippen LogP contribution in [-0.4, -0.2) is 30.2 Å². The Balaban J connectivity index is 2.17. The third kappa shape index (κ3) is 4.74. The summed E-state index contributed by atoms with van der Waals surface area (Å²) in [6.45, 7) is 3.17. The van der Waals surface area contributed by atoms with Gasteiger partial charge in [0.25, 0.3) is 0 Å². The van der Waals surface area contributed by atoms with Gasteiger partial charge in [0, 0.05) is 30.4 Å². The largest absolute Gasteiger partial charge is 0.383 e. The number of anilines is 3. The van der Waals surface area contributed by atoms with Gasteiger partial charge in [0.1, 0.15) is 5.82 Å². The number of ether oxygens (including phenoxy) is 1. The van der Waals surface area contributed by atoms with Gasteiger partial charge in [-0.2, -0.15) is 4.98 Å². The molecule has 0 aliphatic rings. The third-order valence-corrected chi connectivity index (χ3v) is 3.21. The fourth-order valence-corrected chi connectivity index (χ4v) is 2.05. The number of aromatic nitrogens is 2. The van der Waals surface area contributed by atoms with Crippen molar-refractivity contribution in [3.63, 3.8) is 0 Å². The van der Waals surface area contributed by atoms with Crippen molar-refractivity contribution in [2.75, 3.05) is 30.9 Å². The first-order valence-electron chi connectivity index (χ1n) is 6.39. The molecule has 0 spiro atoms. The molecule has 0 atom stereocenters. The standard InChI is InChI=1S/C14H16Cl2N4O/c1-9-7-13(17-5-6-21-2)20-14(18-9)19-12-8-10(15)3-4-11(12)16/h3-4,7-8H,5-6H2,1-2H3,(H2,17,18,19,20). The van der Waals surface area contributed by atoms with E-state index >= 15 is 0 Å². The minimum Gasteiger partial charge on any atom is -0.383 e. The molecule has 0 aliphatic carbocycles. The van der Waals surface area contributed by atoms with E-state index < -0.39 is 0 Å². The number of nitrogens with one attached hydrogen (secondary N) is 2. The molecule has 112 valence electrons. The summed E-state index contributed by atoms with van der Waals surface area (Å²) in [7, 11) is 1.65. The van der Waals surface area contributed by atoms with Gasteiger partial charge in [-0.15, -0.1) is 0 Å². The lowest BCUT2D eigenvalue weighted by atomic mass is 10.3. The highest BCUT2D eigenvalue weighted by Gasteiger charge is 2.06. The topological polar surface area (TPSA) is 59.1 Å². The van der Waals surface area contributed by atoms with Crippen molar-refractivity contribution >= 4 is 40.7 Å². The van der Waals surface area contributed by atoms with E-state index in [-0.39, 0.29) is 0 Å². The average Bonchev–Trinajstić information content (AvgIpc) is 2.43. The first kappa shape index (κ1) is 15.8. The van der Waals surface area contributed by atoms with Crippen molar-refractivity contribution in [2.24, 2.45) is 0 Å². The van der Waals surface area contributed by atoms with Gasteiger partial charge in [-0.05, 0) is 25.1 Å². The van der Waals surface area contributed by atoms with Crippen molar-refractivity contribution in [2.45, 2.75) is 6.92 Å². The molecule has 1 aromatic heterocycles. The summed E-state index contributed by atoms with van der Waals surface area (Å²) in [6, 6.07) is 7.04. The normalized spacial score (nSPS) is 10.5. The lowest BCUT2D eigenvalue weighted by Crippen LogP contribution is -2.10. The number of aryl methyl sites for hydroxylation is 1. The maximum atomic E-state index is 6.12. The number of rotatable bonds is 6. The first-order chi connectivity index (χ1) is 10.1. The van der Waals surface area contributed by atoms with Crippen LogP contribution in [0, 0.1) is 6.92 Å². The highest BCUT2D eigenvalue weighted by Crippen LogP contribution is 2.27. The number of halogens is 2. The van der Waals surface area contributed by atoms with E-state index in [2.05, 4.69) is 20.6 Å². The monoisotopic (exact) mass is 326 g/mol. The van der Waals surface area contributed by atoms with Crippen LogP contribution >= 0.6 is 23.2 Å². The minimum absolute atomic E-state index is 0.457. The Bertz CT molecular complexity index is 622. The highest BCUT2D eigenvalue weighted by atomic mass is 35.5. The quantitative estimate of drug-likeness (QED) is 0.788. The lowest BCUT2D eigenvalue weighted by Gasteiger charge is -2.11. The molecule has 2 aromatic rings. The van der Waals surface area contributed by atoms with Crippen LogP contribution in [0.4, 0.5) is 17.5 Å². The van der Waals surface area contributed by atoms with E-state index in [0.29, 0.717) is 34.8 Å². The Kier molecular flexibility index (Phi) is 5.61. The Hall–Kier alpha value is -1.56. The fourth-order valence-electron chi connectivity index (χ4n) is 1.71. The maximum absolute atomic E-state index is 6.12. The van der Waals surface area contributed by atoms with E-state index in [1.165, 1.54) is 0 Å². The van der Waals surface area contributed by atoms with Crippen LogP contribution in [0.5, 0.6) is 0 Å². The lowest BCUT2D eigenvalue weighted by molar-refractivity contribution is 0.210. The smallest absolute Gasteiger partial charge is 0.229 e. The molecule has 21 heavy (non-hydrogen) atoms. The van der Waals surface area contributed by atoms with Crippen molar-refractivity contribution in [1.29, 1.82) is 0 Å². The number of methoxy groups -OCH3 is 1. The molecule has 2 N–H and O–H groups in total. The molecule has 0 radical (unpaired) electrons. The molecule has 5 nitrogen and oxygen atoms in total. The van der Waals surface area contributed by atoms with Gasteiger partial charge in [-0.25, -0.2) is 4.98 Å². The van der Waals surface area contributed by atoms with E-state index in [1.807, 2.05) is 13.0 Å². The summed E-state index contributed by atoms with van der Waals surface area (Å²) < 4.78 is 4.99. The predicted molar refractivity (Wildman–Crippen MR) is 86.9 cm³/mol. The summed E-state index contributed by atoms with van der Waals surface area (Å²) in [6.07, 6.45) is 0. The van der Waals surface area contributed by atoms with Crippen molar-refractivity contribution in [3.05, 3.63) is 40.0 Å². The predicted octanol–water partition coefficient (Wildman–Crippen LogP) is 3.89. The zero-order chi connectivity index (χ0) is 15.2. The Morgan fingerprint density at radius 3 is 2.76 bits per heavy atom. The fraction of sp³-hybridized carbons (Fsp3) is 0.286. The second-order valence-corrected chi connectivity index (χ2v) is 5.23. The highest BCUT2D eigenvalue weighted by molar-refractivity contribution is 6.35. The van der Waals surface area contributed by atoms with Gasteiger partial charge < -0.3 is 15.4 Å². The molecule has 0 saturated carbocycles. The zero-order valence-corrected chi connectivity index (χ0v) is 13.3. The summed E-state index contributed by atoms with van der Waals surface area (Å²) >= 11 is 12.1. The molecule has 0 saturated heterocycles. The molecule has 1 heterocycles. The second-order valence-electron chi connectivity index (χ2n) is 4.39. The van der Waals surface area contributed by atoms with Crippen molar-refractivity contribution in [1.82, 2.24) is 9.97 Å². The molecule has 0 bridgehead atoms. The van der Waals surface area contributed by atoms with E-state index in [9.17, 15) is 0 Å². The molecular weight excluding hydrogens is 311 g/mol. The third-order valence-electron chi connectivity index (χ3n) is 2.64. The number of benzene rings is 1. The van der Waals surface area contributed by atoms with Crippen LogP contribution in [0.25, 0.3) is 0 Å². The Labute approximate surface area is 133 Å². The van der Waals surface area contributed by atoms with Gasteiger partial charge >= 0.3 is 0 Å². The van der Waals surface area contributed by atoms with Crippen LogP contribution in [0.3, 0.4) is 0 Å². The SMILES string of the molecule is COCCNc1cc(C)nc(Nc2cc(Cl)ccc2Cl)n1. The average molecular weight is 327 g/mol. The minimum atomic E-state index is 0.457. The van der Waals surface area contributed by atoms with Crippen LogP contribution in [0.2, 0.25) is 10.0 Å². The molecule has 1 aromatic carbocycles. The summed E-state index contributed by atoms with van der Waals surface area (Å²) in [4.78, 5) is 8.71. The number of hydrogen-bond acceptors (Lipinski definition) is 5. The summed E-state index contributed by atoms with van der Waals surface area (Å²) in [5, 5.41) is 7.38. The van der Waals surface area contributed by atoms with Crippen LogP contribution < -0.4 is 10.6 Å². The van der Waals surface area contributed by atoms with Crippen molar-refractivity contribution in [3.8, 4) is 0 Å². The Morgan fingerprint density at radius 2 is 2.00 bits per heavy atom. The number of nitrogens with zero attached hydrogens (tertiary/aromatic N) is 2. The van der Waals surface area contributed by atoms with Gasteiger partial charge in [-0.3, -0.25) is 0 Å². The van der Waals surface area contributed by atoms with Crippen LogP contribution in [0.1, 0.15) is 5.69 Å². The molecular formula is C14H16Cl2N4O. The molecule has 0 unspecified atom stereocenters. The molecule has 0 fully saturated rings. The molecule has 2 rings (SSSR count). The zero-order valence-electron chi connectivity index (χ0n) is 11.8. The van der Waals surface area contributed by atoms with Gasteiger partial charge in [-0.1, -0.05) is 23.2 Å². The van der Waals surface area contributed by atoms with Crippen molar-refractivity contribution < 1.29 is 4.74 Å². The second kappa shape index (κ2) is 7.45. The van der Waals surface area contributed by atoms with Gasteiger partial charge in [0.05, 0.1) is 17.3 Å². The molecule has 0 amide bonds. The number of hydrogen-bond donors (Lipinski definition) is 2. The van der Waals surface area contributed by atoms with E-state index in [1.54, 1.807) is 25.3 Å². The maximum Gasteiger partial charge on any atom is 0.229 e. The van der Waals surface area contributed by atoms with E-state index in [0.717, 1.165) is 11.5 Å².